The van der Waals surface area contributed by atoms with Gasteiger partial charge in [-0.1, -0.05) is 0 Å². The van der Waals surface area contributed by atoms with Crippen LogP contribution in [0.5, 0.6) is 0 Å². The Kier molecular flexibility index (Phi) is 2.78. The van der Waals surface area contributed by atoms with E-state index in [0.29, 0.717) is 11.8 Å². The largest absolute Gasteiger partial charge is 0.387 e. The molecule has 4 rings (SSSR count). The Bertz CT molecular complexity index is 744. The van der Waals surface area contributed by atoms with Crippen molar-refractivity contribution in [2.45, 2.75) is 44.9 Å². The van der Waals surface area contributed by atoms with Gasteiger partial charge in [0.2, 0.25) is 0 Å². The van der Waals surface area contributed by atoms with Crippen LogP contribution >= 0.6 is 0 Å². The molecule has 0 bridgehead atoms. The van der Waals surface area contributed by atoms with Gasteiger partial charge in [0.15, 0.2) is 0 Å². The zero-order valence-electron chi connectivity index (χ0n) is 12.4. The minimum absolute atomic E-state index is 0.216. The fourth-order valence-electron chi connectivity index (χ4n) is 3.68. The lowest BCUT2D eigenvalue weighted by molar-refractivity contribution is 0.576. The Labute approximate surface area is 125 Å². The molecule has 0 spiro atoms. The number of aromatic nitrogens is 1. The number of nitrogens with zero attached hydrogens (tertiary/aromatic N) is 1. The number of hydrogen-bond donors (Lipinski definition) is 2. The fraction of sp³-hybridized carbons (Fsp3) is 0.444. The number of pyridine rings is 1. The Hall–Kier alpha value is -1.90. The molecule has 3 nitrogen and oxygen atoms in total. The van der Waals surface area contributed by atoms with Gasteiger partial charge in [0.25, 0.3) is 0 Å². The van der Waals surface area contributed by atoms with Gasteiger partial charge in [0.1, 0.15) is 0 Å². The Morgan fingerprint density at radius 2 is 2.10 bits per heavy atom. The van der Waals surface area contributed by atoms with E-state index < -0.39 is 0 Å². The van der Waals surface area contributed by atoms with E-state index in [-0.39, 0.29) is 5.92 Å². The molecule has 2 aliphatic carbocycles. The number of nitrogens with two attached hydrogens (primary N) is 1. The summed E-state index contributed by atoms with van der Waals surface area (Å²) in [6.45, 7) is 2.24. The van der Waals surface area contributed by atoms with Gasteiger partial charge in [-0.15, -0.1) is 0 Å². The molecule has 1 unspecified atom stereocenters. The number of rotatable bonds is 2. The highest BCUT2D eigenvalue weighted by Gasteiger charge is 2.26. The topological polar surface area (TPSA) is 62.8 Å². The van der Waals surface area contributed by atoms with Crippen molar-refractivity contribution < 1.29 is 0 Å². The van der Waals surface area contributed by atoms with Crippen molar-refractivity contribution in [3.05, 3.63) is 40.7 Å². The highest BCUT2D eigenvalue weighted by Crippen LogP contribution is 2.41. The number of benzene rings is 1. The first-order valence-electron chi connectivity index (χ1n) is 7.88. The van der Waals surface area contributed by atoms with Crippen LogP contribution in [0.4, 0.5) is 0 Å². The van der Waals surface area contributed by atoms with Crippen LogP contribution in [0.1, 0.15) is 47.6 Å². The van der Waals surface area contributed by atoms with Crippen LogP contribution in [0.2, 0.25) is 0 Å². The predicted molar refractivity (Wildman–Crippen MR) is 85.9 cm³/mol. The summed E-state index contributed by atoms with van der Waals surface area (Å²) in [6, 6.07) is 4.58. The third-order valence-corrected chi connectivity index (χ3v) is 5.17. The number of fused-ring (bicyclic) bond motifs is 2. The van der Waals surface area contributed by atoms with Crippen molar-refractivity contribution in [1.82, 2.24) is 4.98 Å². The van der Waals surface area contributed by atoms with Crippen molar-refractivity contribution in [3.8, 4) is 0 Å². The molecule has 3 N–H and O–H groups in total. The predicted octanol–water partition coefficient (Wildman–Crippen LogP) is 3.46. The summed E-state index contributed by atoms with van der Waals surface area (Å²) >= 11 is 0. The minimum Gasteiger partial charge on any atom is -0.387 e. The molecule has 1 heterocycles. The van der Waals surface area contributed by atoms with Crippen LogP contribution in [0.3, 0.4) is 0 Å². The van der Waals surface area contributed by atoms with E-state index >= 15 is 0 Å². The Morgan fingerprint density at radius 3 is 2.81 bits per heavy atom. The standard InChI is InChI=1S/C18H21N3/c1-10-15-5-4-12(18(19)20)6-13(15)7-14-9-21-17(8-16(10)14)11-2-3-11/h7-9,11-12H,2-6H2,1H3,(H3,19,20). The fourth-order valence-corrected chi connectivity index (χ4v) is 3.68. The summed E-state index contributed by atoms with van der Waals surface area (Å²) in [5.41, 5.74) is 11.2. The SMILES string of the molecule is Cc1c2c(cc3cnc(C4CC4)cc13)CC(C(=N)N)CC2. The maximum absolute atomic E-state index is 7.69. The molecule has 0 aliphatic heterocycles. The van der Waals surface area contributed by atoms with E-state index in [1.165, 1.54) is 46.0 Å². The molecule has 1 fully saturated rings. The van der Waals surface area contributed by atoms with E-state index in [1.54, 1.807) is 0 Å². The van der Waals surface area contributed by atoms with Crippen LogP contribution in [-0.2, 0) is 12.8 Å². The van der Waals surface area contributed by atoms with Gasteiger partial charge in [-0.05, 0) is 73.2 Å². The van der Waals surface area contributed by atoms with Gasteiger partial charge in [0, 0.05) is 29.1 Å². The average molecular weight is 279 g/mol. The molecule has 0 saturated heterocycles. The second-order valence-corrected chi connectivity index (χ2v) is 6.64. The summed E-state index contributed by atoms with van der Waals surface area (Å²) in [5, 5.41) is 10.3. The summed E-state index contributed by atoms with van der Waals surface area (Å²) in [6.07, 6.45) is 7.59. The molecule has 108 valence electrons. The van der Waals surface area contributed by atoms with Gasteiger partial charge >= 0.3 is 0 Å². The lowest BCUT2D eigenvalue weighted by Crippen LogP contribution is -2.28. The van der Waals surface area contributed by atoms with Crippen molar-refractivity contribution in [2.24, 2.45) is 11.7 Å². The quantitative estimate of drug-likeness (QED) is 0.653. The summed E-state index contributed by atoms with van der Waals surface area (Å²) < 4.78 is 0. The Morgan fingerprint density at radius 1 is 1.29 bits per heavy atom. The smallest absolute Gasteiger partial charge is 0.0940 e. The number of aryl methyl sites for hydroxylation is 1. The van der Waals surface area contributed by atoms with Crippen molar-refractivity contribution in [3.63, 3.8) is 0 Å². The molecule has 3 heteroatoms. The minimum atomic E-state index is 0.216. The van der Waals surface area contributed by atoms with E-state index in [1.807, 2.05) is 6.20 Å². The van der Waals surface area contributed by atoms with Gasteiger partial charge < -0.3 is 5.73 Å². The zero-order chi connectivity index (χ0) is 14.6. The van der Waals surface area contributed by atoms with Gasteiger partial charge in [-0.2, -0.15) is 0 Å². The van der Waals surface area contributed by atoms with Crippen LogP contribution in [0.25, 0.3) is 10.8 Å². The van der Waals surface area contributed by atoms with Crippen molar-refractivity contribution in [2.75, 3.05) is 0 Å². The monoisotopic (exact) mass is 279 g/mol. The van der Waals surface area contributed by atoms with Crippen LogP contribution in [0.15, 0.2) is 18.3 Å². The van der Waals surface area contributed by atoms with E-state index in [0.717, 1.165) is 19.3 Å². The third kappa shape index (κ3) is 2.11. The molecule has 21 heavy (non-hydrogen) atoms. The molecule has 1 aromatic heterocycles. The van der Waals surface area contributed by atoms with Crippen molar-refractivity contribution in [1.29, 1.82) is 5.41 Å². The van der Waals surface area contributed by atoms with Gasteiger partial charge in [0.05, 0.1) is 5.84 Å². The van der Waals surface area contributed by atoms with E-state index in [9.17, 15) is 0 Å². The maximum atomic E-state index is 7.69. The average Bonchev–Trinajstić information content (AvgIpc) is 3.31. The molecular formula is C18H21N3. The van der Waals surface area contributed by atoms with Crippen LogP contribution < -0.4 is 5.73 Å². The molecule has 1 aromatic carbocycles. The lowest BCUT2D eigenvalue weighted by atomic mass is 9.80. The highest BCUT2D eigenvalue weighted by atomic mass is 14.7. The lowest BCUT2D eigenvalue weighted by Gasteiger charge is -2.26. The molecule has 2 aliphatic rings. The first-order chi connectivity index (χ1) is 10.1. The molecule has 2 aromatic rings. The summed E-state index contributed by atoms with van der Waals surface area (Å²) in [7, 11) is 0. The molecule has 0 radical (unpaired) electrons. The number of amidine groups is 1. The second-order valence-electron chi connectivity index (χ2n) is 6.64. The van der Waals surface area contributed by atoms with Gasteiger partial charge in [-0.25, -0.2) is 0 Å². The van der Waals surface area contributed by atoms with Crippen molar-refractivity contribution >= 4 is 16.6 Å². The van der Waals surface area contributed by atoms with Crippen LogP contribution in [0, 0.1) is 18.3 Å². The van der Waals surface area contributed by atoms with E-state index in [4.69, 9.17) is 11.1 Å². The first-order valence-corrected chi connectivity index (χ1v) is 7.88. The number of nitrogens with one attached hydrogen (secondary N) is 1. The Balaban J connectivity index is 1.83. The van der Waals surface area contributed by atoms with Crippen LogP contribution in [-0.4, -0.2) is 10.8 Å². The zero-order valence-corrected chi connectivity index (χ0v) is 12.4. The normalized spacial score (nSPS) is 21.3. The summed E-state index contributed by atoms with van der Waals surface area (Å²) in [5.74, 6) is 1.25. The molecule has 0 amide bonds. The summed E-state index contributed by atoms with van der Waals surface area (Å²) in [4.78, 5) is 4.65. The van der Waals surface area contributed by atoms with Gasteiger partial charge in [-0.3, -0.25) is 10.4 Å². The molecule has 1 saturated carbocycles. The molecule has 1 atom stereocenters. The maximum Gasteiger partial charge on any atom is 0.0940 e. The van der Waals surface area contributed by atoms with E-state index in [2.05, 4.69) is 24.0 Å². The molecular weight excluding hydrogens is 258 g/mol. The third-order valence-electron chi connectivity index (χ3n) is 5.17. The first kappa shape index (κ1) is 12.8. The second kappa shape index (κ2) is 4.55. The highest BCUT2D eigenvalue weighted by molar-refractivity contribution is 5.88. The number of hydrogen-bond acceptors (Lipinski definition) is 2.